The molecule has 1 saturated heterocycles. The van der Waals surface area contributed by atoms with Crippen molar-refractivity contribution >= 4 is 23.0 Å². The fourth-order valence-electron chi connectivity index (χ4n) is 3.65. The number of anilines is 1. The number of amides is 1. The minimum atomic E-state index is 0.0991. The Morgan fingerprint density at radius 3 is 2.78 bits per heavy atom. The summed E-state index contributed by atoms with van der Waals surface area (Å²) in [5, 5.41) is 3.10. The maximum atomic E-state index is 12.2. The van der Waals surface area contributed by atoms with Crippen molar-refractivity contribution in [3.8, 4) is 0 Å². The molecule has 1 amide bonds. The van der Waals surface area contributed by atoms with Crippen LogP contribution in [0, 0.1) is 12.8 Å². The number of piperidine rings is 1. The Kier molecular flexibility index (Phi) is 5.10. The third kappa shape index (κ3) is 4.30. The monoisotopic (exact) mass is 363 g/mol. The molecule has 0 aliphatic carbocycles. The van der Waals surface area contributed by atoms with Gasteiger partial charge in [0.15, 0.2) is 5.58 Å². The fourth-order valence-corrected chi connectivity index (χ4v) is 3.65. The van der Waals surface area contributed by atoms with Crippen LogP contribution in [-0.4, -0.2) is 30.5 Å². The Balaban J connectivity index is 1.25. The summed E-state index contributed by atoms with van der Waals surface area (Å²) in [4.78, 5) is 19.0. The lowest BCUT2D eigenvalue weighted by molar-refractivity contribution is -0.120. The van der Waals surface area contributed by atoms with Gasteiger partial charge in [-0.2, -0.15) is 4.98 Å². The lowest BCUT2D eigenvalue weighted by Crippen LogP contribution is -2.39. The van der Waals surface area contributed by atoms with Crippen molar-refractivity contribution in [3.05, 3.63) is 59.7 Å². The second-order valence-electron chi connectivity index (χ2n) is 7.36. The highest BCUT2D eigenvalue weighted by atomic mass is 16.4. The second kappa shape index (κ2) is 7.82. The number of benzene rings is 2. The van der Waals surface area contributed by atoms with Crippen LogP contribution in [-0.2, 0) is 11.2 Å². The number of aromatic nitrogens is 1. The van der Waals surface area contributed by atoms with Crippen molar-refractivity contribution in [1.82, 2.24) is 10.3 Å². The zero-order valence-corrected chi connectivity index (χ0v) is 15.6. The van der Waals surface area contributed by atoms with Crippen molar-refractivity contribution in [2.75, 3.05) is 24.5 Å². The SMILES string of the molecule is Cc1cccc(CC(=O)NCC2CCN(c3nc4ccccc4o3)CC2)c1. The molecule has 0 radical (unpaired) electrons. The number of carbonyl (C=O) groups excluding carboxylic acids is 1. The molecule has 0 atom stereocenters. The molecule has 0 bridgehead atoms. The molecule has 1 aliphatic rings. The smallest absolute Gasteiger partial charge is 0.298 e. The van der Waals surface area contributed by atoms with Crippen molar-refractivity contribution in [1.29, 1.82) is 0 Å². The van der Waals surface area contributed by atoms with E-state index in [4.69, 9.17) is 4.42 Å². The molecule has 4 rings (SSSR count). The van der Waals surface area contributed by atoms with Crippen LogP contribution in [0.4, 0.5) is 6.01 Å². The predicted octanol–water partition coefficient (Wildman–Crippen LogP) is 3.71. The van der Waals surface area contributed by atoms with Crippen LogP contribution in [0.1, 0.15) is 24.0 Å². The van der Waals surface area contributed by atoms with Gasteiger partial charge < -0.3 is 14.6 Å². The Morgan fingerprint density at radius 2 is 2.00 bits per heavy atom. The van der Waals surface area contributed by atoms with Crippen LogP contribution in [0.2, 0.25) is 0 Å². The number of oxazole rings is 1. The molecule has 3 aromatic rings. The number of hydrogen-bond donors (Lipinski definition) is 1. The molecule has 27 heavy (non-hydrogen) atoms. The van der Waals surface area contributed by atoms with E-state index in [1.165, 1.54) is 5.56 Å². The molecule has 1 aromatic heterocycles. The highest BCUT2D eigenvalue weighted by Gasteiger charge is 2.23. The maximum Gasteiger partial charge on any atom is 0.298 e. The van der Waals surface area contributed by atoms with Gasteiger partial charge in [0.05, 0.1) is 6.42 Å². The van der Waals surface area contributed by atoms with Gasteiger partial charge in [-0.1, -0.05) is 42.0 Å². The van der Waals surface area contributed by atoms with Gasteiger partial charge in [-0.15, -0.1) is 0 Å². The molecule has 2 heterocycles. The van der Waals surface area contributed by atoms with E-state index >= 15 is 0 Å². The zero-order chi connectivity index (χ0) is 18.6. The van der Waals surface area contributed by atoms with Crippen molar-refractivity contribution in [2.45, 2.75) is 26.2 Å². The first-order valence-electron chi connectivity index (χ1n) is 9.60. The summed E-state index contributed by atoms with van der Waals surface area (Å²) in [6, 6.07) is 16.7. The normalized spacial score (nSPS) is 15.2. The quantitative estimate of drug-likeness (QED) is 0.751. The highest BCUT2D eigenvalue weighted by Crippen LogP contribution is 2.26. The third-order valence-corrected chi connectivity index (χ3v) is 5.20. The maximum absolute atomic E-state index is 12.2. The minimum Gasteiger partial charge on any atom is -0.423 e. The molecule has 5 nitrogen and oxygen atoms in total. The largest absolute Gasteiger partial charge is 0.423 e. The minimum absolute atomic E-state index is 0.0991. The lowest BCUT2D eigenvalue weighted by atomic mass is 9.97. The van der Waals surface area contributed by atoms with E-state index in [0.29, 0.717) is 18.4 Å². The van der Waals surface area contributed by atoms with Gasteiger partial charge in [-0.3, -0.25) is 4.79 Å². The number of nitrogens with zero attached hydrogens (tertiary/aromatic N) is 2. The Morgan fingerprint density at radius 1 is 1.19 bits per heavy atom. The second-order valence-corrected chi connectivity index (χ2v) is 7.36. The highest BCUT2D eigenvalue weighted by molar-refractivity contribution is 5.78. The first-order valence-corrected chi connectivity index (χ1v) is 9.60. The summed E-state index contributed by atoms with van der Waals surface area (Å²) in [5.41, 5.74) is 3.99. The van der Waals surface area contributed by atoms with Gasteiger partial charge in [0.2, 0.25) is 5.91 Å². The van der Waals surface area contributed by atoms with Crippen LogP contribution < -0.4 is 10.2 Å². The van der Waals surface area contributed by atoms with E-state index in [9.17, 15) is 4.79 Å². The summed E-state index contributed by atoms with van der Waals surface area (Å²) in [5.74, 6) is 0.606. The summed E-state index contributed by atoms with van der Waals surface area (Å²) in [7, 11) is 0. The molecular formula is C22H25N3O2. The average Bonchev–Trinajstić information content (AvgIpc) is 3.11. The molecule has 0 spiro atoms. The summed E-state index contributed by atoms with van der Waals surface area (Å²) < 4.78 is 5.86. The number of para-hydroxylation sites is 2. The van der Waals surface area contributed by atoms with Gasteiger partial charge in [-0.25, -0.2) is 0 Å². The fraction of sp³-hybridized carbons (Fsp3) is 0.364. The molecule has 1 aliphatic heterocycles. The Labute approximate surface area is 159 Å². The van der Waals surface area contributed by atoms with Gasteiger partial charge >= 0.3 is 0 Å². The van der Waals surface area contributed by atoms with Crippen molar-refractivity contribution < 1.29 is 9.21 Å². The molecule has 1 N–H and O–H groups in total. The van der Waals surface area contributed by atoms with E-state index in [1.54, 1.807) is 0 Å². The Hall–Kier alpha value is -2.82. The zero-order valence-electron chi connectivity index (χ0n) is 15.6. The van der Waals surface area contributed by atoms with Crippen molar-refractivity contribution in [2.24, 2.45) is 5.92 Å². The first kappa shape index (κ1) is 17.6. The molecule has 0 saturated carbocycles. The van der Waals surface area contributed by atoms with E-state index in [2.05, 4.69) is 21.3 Å². The van der Waals surface area contributed by atoms with Crippen LogP contribution in [0.5, 0.6) is 0 Å². The predicted molar refractivity (Wildman–Crippen MR) is 107 cm³/mol. The topological polar surface area (TPSA) is 58.4 Å². The van der Waals surface area contributed by atoms with Gasteiger partial charge in [0.1, 0.15) is 5.52 Å². The number of rotatable bonds is 5. The molecule has 5 heteroatoms. The van der Waals surface area contributed by atoms with Gasteiger partial charge in [-0.05, 0) is 43.4 Å². The van der Waals surface area contributed by atoms with E-state index in [-0.39, 0.29) is 5.91 Å². The van der Waals surface area contributed by atoms with Crippen LogP contribution >= 0.6 is 0 Å². The third-order valence-electron chi connectivity index (χ3n) is 5.20. The molecular weight excluding hydrogens is 338 g/mol. The molecule has 140 valence electrons. The number of fused-ring (bicyclic) bond motifs is 1. The van der Waals surface area contributed by atoms with Crippen LogP contribution in [0.3, 0.4) is 0 Å². The van der Waals surface area contributed by atoms with Crippen molar-refractivity contribution in [3.63, 3.8) is 0 Å². The number of carbonyl (C=O) groups is 1. The first-order chi connectivity index (χ1) is 13.2. The molecule has 2 aromatic carbocycles. The van der Waals surface area contributed by atoms with Gasteiger partial charge in [0.25, 0.3) is 6.01 Å². The van der Waals surface area contributed by atoms with E-state index in [0.717, 1.165) is 49.1 Å². The van der Waals surface area contributed by atoms with E-state index in [1.807, 2.05) is 49.4 Å². The van der Waals surface area contributed by atoms with Crippen LogP contribution in [0.15, 0.2) is 52.9 Å². The van der Waals surface area contributed by atoms with Gasteiger partial charge in [0, 0.05) is 19.6 Å². The molecule has 1 fully saturated rings. The van der Waals surface area contributed by atoms with Crippen LogP contribution in [0.25, 0.3) is 11.1 Å². The average molecular weight is 363 g/mol. The summed E-state index contributed by atoms with van der Waals surface area (Å²) >= 11 is 0. The number of hydrogen-bond acceptors (Lipinski definition) is 4. The number of nitrogens with one attached hydrogen (secondary N) is 1. The standard InChI is InChI=1S/C22H25N3O2/c1-16-5-4-6-18(13-16)14-21(26)23-15-17-9-11-25(12-10-17)22-24-19-7-2-3-8-20(19)27-22/h2-8,13,17H,9-12,14-15H2,1H3,(H,23,26). The summed E-state index contributed by atoms with van der Waals surface area (Å²) in [6.45, 7) is 4.61. The number of aryl methyl sites for hydroxylation is 1. The van der Waals surface area contributed by atoms with E-state index < -0.39 is 0 Å². The Bertz CT molecular complexity index is 893. The molecule has 0 unspecified atom stereocenters. The summed E-state index contributed by atoms with van der Waals surface area (Å²) in [6.07, 6.45) is 2.51. The lowest BCUT2D eigenvalue weighted by Gasteiger charge is -2.30.